The van der Waals surface area contributed by atoms with Crippen molar-refractivity contribution in [1.29, 1.82) is 0 Å². The van der Waals surface area contributed by atoms with Gasteiger partial charge in [0.2, 0.25) is 0 Å². The van der Waals surface area contributed by atoms with Gasteiger partial charge in [0, 0.05) is 12.6 Å². The van der Waals surface area contributed by atoms with Crippen molar-refractivity contribution in [3.8, 4) is 0 Å². The Hall–Kier alpha value is -0.0800. The molecule has 1 N–H and O–H groups in total. The normalized spacial score (nSPS) is 24.0. The second-order valence-electron chi connectivity index (χ2n) is 7.12. The first-order chi connectivity index (χ1) is 7.88. The second kappa shape index (κ2) is 6.75. The van der Waals surface area contributed by atoms with Crippen LogP contribution in [0.5, 0.6) is 0 Å². The second-order valence-corrected chi connectivity index (χ2v) is 7.12. The van der Waals surface area contributed by atoms with E-state index in [0.717, 1.165) is 5.92 Å². The van der Waals surface area contributed by atoms with E-state index >= 15 is 0 Å². The van der Waals surface area contributed by atoms with Gasteiger partial charge in [-0.3, -0.25) is 0 Å². The molecule has 1 atom stereocenters. The van der Waals surface area contributed by atoms with E-state index < -0.39 is 0 Å². The average Bonchev–Trinajstić information content (AvgIpc) is 2.41. The van der Waals surface area contributed by atoms with Gasteiger partial charge in [-0.2, -0.15) is 0 Å². The maximum absolute atomic E-state index is 3.68. The molecule has 0 saturated carbocycles. The first-order valence-electron chi connectivity index (χ1n) is 7.34. The van der Waals surface area contributed by atoms with E-state index in [1.165, 1.54) is 45.4 Å². The number of hydrogen-bond acceptors (Lipinski definition) is 2. The molecule has 0 aliphatic carbocycles. The molecule has 17 heavy (non-hydrogen) atoms. The SMILES string of the molecule is CC(C)C1CN(CCCC(C)(C)C)CCCN1. The monoisotopic (exact) mass is 240 g/mol. The van der Waals surface area contributed by atoms with Crippen LogP contribution in [-0.2, 0) is 0 Å². The molecule has 2 heteroatoms. The fourth-order valence-corrected chi connectivity index (χ4v) is 2.51. The number of rotatable bonds is 4. The highest BCUT2D eigenvalue weighted by Crippen LogP contribution is 2.21. The molecule has 0 bridgehead atoms. The van der Waals surface area contributed by atoms with Crippen molar-refractivity contribution in [2.75, 3.05) is 26.2 Å². The minimum absolute atomic E-state index is 0.488. The van der Waals surface area contributed by atoms with Crippen molar-refractivity contribution < 1.29 is 0 Å². The maximum atomic E-state index is 3.68. The molecule has 1 aliphatic heterocycles. The molecule has 1 heterocycles. The zero-order valence-corrected chi connectivity index (χ0v) is 12.6. The third-order valence-corrected chi connectivity index (χ3v) is 3.72. The van der Waals surface area contributed by atoms with Gasteiger partial charge in [-0.05, 0) is 50.2 Å². The highest BCUT2D eigenvalue weighted by atomic mass is 15.2. The fraction of sp³-hybridized carbons (Fsp3) is 1.00. The van der Waals surface area contributed by atoms with Gasteiger partial charge < -0.3 is 10.2 Å². The molecular weight excluding hydrogens is 208 g/mol. The minimum atomic E-state index is 0.488. The van der Waals surface area contributed by atoms with Gasteiger partial charge in [0.1, 0.15) is 0 Å². The molecule has 1 fully saturated rings. The Labute approximate surface area is 108 Å². The molecule has 0 aromatic carbocycles. The molecule has 0 aromatic heterocycles. The Morgan fingerprint density at radius 1 is 1.29 bits per heavy atom. The quantitative estimate of drug-likeness (QED) is 0.812. The van der Waals surface area contributed by atoms with Crippen molar-refractivity contribution in [1.82, 2.24) is 10.2 Å². The zero-order chi connectivity index (χ0) is 12.9. The summed E-state index contributed by atoms with van der Waals surface area (Å²) in [6.07, 6.45) is 3.98. The highest BCUT2D eigenvalue weighted by Gasteiger charge is 2.20. The van der Waals surface area contributed by atoms with E-state index in [2.05, 4.69) is 44.8 Å². The van der Waals surface area contributed by atoms with E-state index in [9.17, 15) is 0 Å². The lowest BCUT2D eigenvalue weighted by atomic mass is 9.90. The molecule has 0 radical (unpaired) electrons. The van der Waals surface area contributed by atoms with E-state index in [1.807, 2.05) is 0 Å². The van der Waals surface area contributed by atoms with E-state index in [1.54, 1.807) is 0 Å². The van der Waals surface area contributed by atoms with Crippen LogP contribution < -0.4 is 5.32 Å². The third-order valence-electron chi connectivity index (χ3n) is 3.72. The summed E-state index contributed by atoms with van der Waals surface area (Å²) >= 11 is 0. The molecule has 102 valence electrons. The van der Waals surface area contributed by atoms with Gasteiger partial charge >= 0.3 is 0 Å². The van der Waals surface area contributed by atoms with Crippen molar-refractivity contribution in [2.45, 2.75) is 59.9 Å². The molecule has 0 amide bonds. The largest absolute Gasteiger partial charge is 0.312 e. The molecule has 0 spiro atoms. The van der Waals surface area contributed by atoms with Crippen LogP contribution in [-0.4, -0.2) is 37.1 Å². The van der Waals surface area contributed by atoms with Crippen LogP contribution in [0.1, 0.15) is 53.9 Å². The Balaban J connectivity index is 2.31. The molecule has 0 aromatic rings. The van der Waals surface area contributed by atoms with Crippen LogP contribution in [0.3, 0.4) is 0 Å². The minimum Gasteiger partial charge on any atom is -0.312 e. The van der Waals surface area contributed by atoms with Gasteiger partial charge in [-0.1, -0.05) is 34.6 Å². The van der Waals surface area contributed by atoms with Crippen LogP contribution in [0.2, 0.25) is 0 Å². The van der Waals surface area contributed by atoms with Crippen molar-refractivity contribution in [2.24, 2.45) is 11.3 Å². The van der Waals surface area contributed by atoms with Gasteiger partial charge in [0.25, 0.3) is 0 Å². The molecule has 1 aliphatic rings. The topological polar surface area (TPSA) is 15.3 Å². The summed E-state index contributed by atoms with van der Waals surface area (Å²) in [4.78, 5) is 2.66. The molecule has 1 rings (SSSR count). The fourth-order valence-electron chi connectivity index (χ4n) is 2.51. The average molecular weight is 240 g/mol. The van der Waals surface area contributed by atoms with Crippen LogP contribution in [0.25, 0.3) is 0 Å². The molecular formula is C15H32N2. The lowest BCUT2D eigenvalue weighted by molar-refractivity contribution is 0.228. The van der Waals surface area contributed by atoms with Crippen LogP contribution >= 0.6 is 0 Å². The van der Waals surface area contributed by atoms with Gasteiger partial charge in [0.15, 0.2) is 0 Å². The highest BCUT2D eigenvalue weighted by molar-refractivity contribution is 4.79. The summed E-state index contributed by atoms with van der Waals surface area (Å²) in [5.74, 6) is 0.748. The number of hydrogen-bond donors (Lipinski definition) is 1. The standard InChI is InChI=1S/C15H32N2/c1-13(2)14-12-17(11-7-9-16-14)10-6-8-15(3,4)5/h13-14,16H,6-12H2,1-5H3. The molecule has 1 saturated heterocycles. The molecule has 2 nitrogen and oxygen atoms in total. The van der Waals surface area contributed by atoms with Gasteiger partial charge in [-0.25, -0.2) is 0 Å². The summed E-state index contributed by atoms with van der Waals surface area (Å²) < 4.78 is 0. The number of nitrogens with zero attached hydrogens (tertiary/aromatic N) is 1. The third kappa shape index (κ3) is 6.42. The molecule has 1 unspecified atom stereocenters. The van der Waals surface area contributed by atoms with Crippen LogP contribution in [0.15, 0.2) is 0 Å². The Kier molecular flexibility index (Phi) is 5.94. The van der Waals surface area contributed by atoms with Crippen molar-refractivity contribution in [3.05, 3.63) is 0 Å². The Morgan fingerprint density at radius 2 is 2.00 bits per heavy atom. The lowest BCUT2D eigenvalue weighted by Gasteiger charge is -2.27. The van der Waals surface area contributed by atoms with Crippen LogP contribution in [0.4, 0.5) is 0 Å². The summed E-state index contributed by atoms with van der Waals surface area (Å²) in [6, 6.07) is 0.687. The van der Waals surface area contributed by atoms with Crippen molar-refractivity contribution >= 4 is 0 Å². The van der Waals surface area contributed by atoms with E-state index in [4.69, 9.17) is 0 Å². The Bertz CT molecular complexity index is 205. The van der Waals surface area contributed by atoms with Gasteiger partial charge in [-0.15, -0.1) is 0 Å². The summed E-state index contributed by atoms with van der Waals surface area (Å²) in [5, 5.41) is 3.68. The predicted octanol–water partition coefficient (Wildman–Crippen LogP) is 3.13. The van der Waals surface area contributed by atoms with Gasteiger partial charge in [0.05, 0.1) is 0 Å². The van der Waals surface area contributed by atoms with Crippen molar-refractivity contribution in [3.63, 3.8) is 0 Å². The van der Waals surface area contributed by atoms with E-state index in [-0.39, 0.29) is 0 Å². The predicted molar refractivity (Wildman–Crippen MR) is 76.4 cm³/mol. The summed E-state index contributed by atoms with van der Waals surface area (Å²) in [7, 11) is 0. The summed E-state index contributed by atoms with van der Waals surface area (Å²) in [5.41, 5.74) is 0.488. The number of nitrogens with one attached hydrogen (secondary N) is 1. The summed E-state index contributed by atoms with van der Waals surface area (Å²) in [6.45, 7) is 16.7. The first-order valence-corrected chi connectivity index (χ1v) is 7.34. The lowest BCUT2D eigenvalue weighted by Crippen LogP contribution is -2.41. The first kappa shape index (κ1) is 15.0. The van der Waals surface area contributed by atoms with Crippen LogP contribution in [0, 0.1) is 11.3 Å². The smallest absolute Gasteiger partial charge is 0.0217 e. The van der Waals surface area contributed by atoms with E-state index in [0.29, 0.717) is 11.5 Å². The Morgan fingerprint density at radius 3 is 2.59 bits per heavy atom. The maximum Gasteiger partial charge on any atom is 0.0217 e. The zero-order valence-electron chi connectivity index (χ0n) is 12.6.